The second-order valence-electron chi connectivity index (χ2n) is 5.90. The van der Waals surface area contributed by atoms with Crippen LogP contribution < -0.4 is 5.32 Å². The molecule has 1 fully saturated rings. The highest BCUT2D eigenvalue weighted by Gasteiger charge is 2.26. The van der Waals surface area contributed by atoms with Gasteiger partial charge in [0.2, 0.25) is 0 Å². The van der Waals surface area contributed by atoms with E-state index in [0.717, 1.165) is 19.3 Å². The van der Waals surface area contributed by atoms with E-state index in [0.29, 0.717) is 10.9 Å². The number of carbonyl (C=O) groups excluding carboxylic acids is 2. The van der Waals surface area contributed by atoms with E-state index in [-0.39, 0.29) is 17.5 Å². The number of rotatable bonds is 4. The average Bonchev–Trinajstić information content (AvgIpc) is 2.49. The molecular weight excluding hydrogens is 302 g/mol. The molecule has 0 unspecified atom stereocenters. The topological polar surface area (TPSA) is 55.4 Å². The summed E-state index contributed by atoms with van der Waals surface area (Å²) >= 11 is 5.96. The highest BCUT2D eigenvalue weighted by molar-refractivity contribution is 6.33. The minimum absolute atomic E-state index is 0.169. The van der Waals surface area contributed by atoms with Gasteiger partial charge in [0, 0.05) is 6.04 Å². The van der Waals surface area contributed by atoms with Crippen molar-refractivity contribution in [1.29, 1.82) is 0 Å². The van der Waals surface area contributed by atoms with Crippen LogP contribution in [0, 0.1) is 5.92 Å². The smallest absolute Gasteiger partial charge is 0.340 e. The predicted octanol–water partition coefficient (Wildman–Crippen LogP) is 3.58. The van der Waals surface area contributed by atoms with Crippen LogP contribution in [-0.2, 0) is 9.53 Å². The summed E-state index contributed by atoms with van der Waals surface area (Å²) in [4.78, 5) is 24.2. The number of nitrogens with one attached hydrogen (secondary N) is 1. The molecule has 1 aromatic rings. The van der Waals surface area contributed by atoms with E-state index >= 15 is 0 Å². The van der Waals surface area contributed by atoms with Crippen molar-refractivity contribution in [1.82, 2.24) is 5.32 Å². The Hall–Kier alpha value is -1.55. The van der Waals surface area contributed by atoms with Crippen LogP contribution in [0.3, 0.4) is 0 Å². The van der Waals surface area contributed by atoms with Crippen molar-refractivity contribution >= 4 is 23.5 Å². The van der Waals surface area contributed by atoms with Gasteiger partial charge in [0.15, 0.2) is 6.10 Å². The molecule has 0 saturated heterocycles. The molecule has 3 atom stereocenters. The largest absolute Gasteiger partial charge is 0.449 e. The predicted molar refractivity (Wildman–Crippen MR) is 85.9 cm³/mol. The van der Waals surface area contributed by atoms with Crippen molar-refractivity contribution in [2.24, 2.45) is 5.92 Å². The molecule has 0 heterocycles. The second-order valence-corrected chi connectivity index (χ2v) is 6.31. The van der Waals surface area contributed by atoms with Gasteiger partial charge < -0.3 is 10.1 Å². The molecule has 4 nitrogen and oxygen atoms in total. The number of benzene rings is 1. The van der Waals surface area contributed by atoms with Gasteiger partial charge in [-0.15, -0.1) is 0 Å². The number of ether oxygens (including phenoxy) is 1. The summed E-state index contributed by atoms with van der Waals surface area (Å²) in [6, 6.07) is 6.81. The van der Waals surface area contributed by atoms with Crippen molar-refractivity contribution < 1.29 is 14.3 Å². The summed E-state index contributed by atoms with van der Waals surface area (Å²) in [6.07, 6.45) is 3.61. The SMILES string of the molecule is C[C@@H]1CCCC[C@@H]1NC(=O)[C@@H](C)OC(=O)c1ccccc1Cl. The summed E-state index contributed by atoms with van der Waals surface area (Å²) in [5, 5.41) is 3.31. The van der Waals surface area contributed by atoms with Gasteiger partial charge in [-0.05, 0) is 37.8 Å². The fourth-order valence-corrected chi connectivity index (χ4v) is 2.95. The molecule has 0 aromatic heterocycles. The summed E-state index contributed by atoms with van der Waals surface area (Å²) < 4.78 is 5.22. The molecule has 120 valence electrons. The number of hydrogen-bond acceptors (Lipinski definition) is 3. The second kappa shape index (κ2) is 7.63. The van der Waals surface area contributed by atoms with E-state index in [4.69, 9.17) is 16.3 Å². The molecule has 1 aliphatic carbocycles. The maximum absolute atomic E-state index is 12.2. The van der Waals surface area contributed by atoms with E-state index in [1.165, 1.54) is 6.42 Å². The Balaban J connectivity index is 1.91. The van der Waals surface area contributed by atoms with Gasteiger partial charge in [-0.25, -0.2) is 4.79 Å². The van der Waals surface area contributed by atoms with E-state index in [1.54, 1.807) is 31.2 Å². The quantitative estimate of drug-likeness (QED) is 0.862. The van der Waals surface area contributed by atoms with Gasteiger partial charge in [-0.1, -0.05) is 43.5 Å². The van der Waals surface area contributed by atoms with Crippen LogP contribution in [-0.4, -0.2) is 24.0 Å². The molecule has 1 N–H and O–H groups in total. The normalized spacial score (nSPS) is 22.7. The Labute approximate surface area is 136 Å². The van der Waals surface area contributed by atoms with Crippen molar-refractivity contribution in [2.75, 3.05) is 0 Å². The van der Waals surface area contributed by atoms with Crippen LogP contribution in [0.25, 0.3) is 0 Å². The van der Waals surface area contributed by atoms with Crippen LogP contribution in [0.15, 0.2) is 24.3 Å². The Kier molecular flexibility index (Phi) is 5.83. The summed E-state index contributed by atoms with van der Waals surface area (Å²) in [5.74, 6) is -0.367. The van der Waals surface area contributed by atoms with Gasteiger partial charge in [0.1, 0.15) is 0 Å². The lowest BCUT2D eigenvalue weighted by atomic mass is 9.86. The van der Waals surface area contributed by atoms with E-state index in [9.17, 15) is 9.59 Å². The van der Waals surface area contributed by atoms with E-state index in [1.807, 2.05) is 0 Å². The molecule has 0 radical (unpaired) electrons. The lowest BCUT2D eigenvalue weighted by Crippen LogP contribution is -2.46. The van der Waals surface area contributed by atoms with E-state index in [2.05, 4.69) is 12.2 Å². The van der Waals surface area contributed by atoms with Gasteiger partial charge in [-0.2, -0.15) is 0 Å². The van der Waals surface area contributed by atoms with Crippen molar-refractivity contribution in [2.45, 2.75) is 51.7 Å². The van der Waals surface area contributed by atoms with Crippen LogP contribution in [0.2, 0.25) is 5.02 Å². The number of halogens is 1. The molecule has 22 heavy (non-hydrogen) atoms. The standard InChI is InChI=1S/C17H22ClNO3/c1-11-7-3-6-10-15(11)19-16(20)12(2)22-17(21)13-8-4-5-9-14(13)18/h4-5,8-9,11-12,15H,3,6-7,10H2,1-2H3,(H,19,20)/t11-,12-,15+/m1/s1. The summed E-state index contributed by atoms with van der Waals surface area (Å²) in [5.41, 5.74) is 0.273. The van der Waals surface area contributed by atoms with Crippen LogP contribution in [0.1, 0.15) is 49.9 Å². The molecule has 1 aliphatic rings. The number of esters is 1. The van der Waals surface area contributed by atoms with E-state index < -0.39 is 12.1 Å². The molecule has 0 aliphatic heterocycles. The first-order valence-corrected chi connectivity index (χ1v) is 8.12. The van der Waals surface area contributed by atoms with Gasteiger partial charge >= 0.3 is 5.97 Å². The average molecular weight is 324 g/mol. The van der Waals surface area contributed by atoms with Gasteiger partial charge in [0.25, 0.3) is 5.91 Å². The van der Waals surface area contributed by atoms with Crippen LogP contribution in [0.5, 0.6) is 0 Å². The lowest BCUT2D eigenvalue weighted by molar-refractivity contribution is -0.130. The first-order valence-electron chi connectivity index (χ1n) is 7.75. The lowest BCUT2D eigenvalue weighted by Gasteiger charge is -2.30. The fourth-order valence-electron chi connectivity index (χ4n) is 2.74. The zero-order valence-corrected chi connectivity index (χ0v) is 13.7. The van der Waals surface area contributed by atoms with Crippen molar-refractivity contribution in [3.05, 3.63) is 34.9 Å². The molecule has 0 spiro atoms. The number of carbonyl (C=O) groups is 2. The third-order valence-corrected chi connectivity index (χ3v) is 4.52. The molecule has 1 saturated carbocycles. The monoisotopic (exact) mass is 323 g/mol. The Morgan fingerprint density at radius 1 is 1.27 bits per heavy atom. The molecule has 1 amide bonds. The zero-order chi connectivity index (χ0) is 16.1. The zero-order valence-electron chi connectivity index (χ0n) is 13.0. The molecular formula is C17H22ClNO3. The fraction of sp³-hybridized carbons (Fsp3) is 0.529. The molecule has 2 rings (SSSR count). The highest BCUT2D eigenvalue weighted by Crippen LogP contribution is 2.24. The first kappa shape index (κ1) is 16.8. The third kappa shape index (κ3) is 4.23. The van der Waals surface area contributed by atoms with Gasteiger partial charge in [0.05, 0.1) is 10.6 Å². The van der Waals surface area contributed by atoms with Crippen molar-refractivity contribution in [3.8, 4) is 0 Å². The minimum Gasteiger partial charge on any atom is -0.449 e. The minimum atomic E-state index is -0.835. The Morgan fingerprint density at radius 2 is 1.95 bits per heavy atom. The Bertz CT molecular complexity index is 546. The summed E-state index contributed by atoms with van der Waals surface area (Å²) in [6.45, 7) is 3.72. The number of hydrogen-bond donors (Lipinski definition) is 1. The molecule has 1 aromatic carbocycles. The first-order chi connectivity index (χ1) is 10.5. The van der Waals surface area contributed by atoms with Crippen molar-refractivity contribution in [3.63, 3.8) is 0 Å². The van der Waals surface area contributed by atoms with Crippen LogP contribution >= 0.6 is 11.6 Å². The highest BCUT2D eigenvalue weighted by atomic mass is 35.5. The molecule has 5 heteroatoms. The Morgan fingerprint density at radius 3 is 2.64 bits per heavy atom. The third-order valence-electron chi connectivity index (χ3n) is 4.19. The maximum Gasteiger partial charge on any atom is 0.340 e. The molecule has 0 bridgehead atoms. The maximum atomic E-state index is 12.2. The number of amides is 1. The summed E-state index contributed by atoms with van der Waals surface area (Å²) in [7, 11) is 0. The van der Waals surface area contributed by atoms with Crippen LogP contribution in [0.4, 0.5) is 0 Å². The van der Waals surface area contributed by atoms with Gasteiger partial charge in [-0.3, -0.25) is 4.79 Å².